The van der Waals surface area contributed by atoms with Crippen molar-refractivity contribution in [2.24, 2.45) is 0 Å². The fourth-order valence-corrected chi connectivity index (χ4v) is 3.05. The number of nitrogens with zero attached hydrogens (tertiary/aromatic N) is 3. The molecule has 3 aromatic rings. The second kappa shape index (κ2) is 9.23. The first-order valence-corrected chi connectivity index (χ1v) is 9.26. The number of nitrogens with one attached hydrogen (secondary N) is 1. The highest BCUT2D eigenvalue weighted by atomic mass is 32.1. The van der Waals surface area contributed by atoms with Gasteiger partial charge >= 0.3 is 0 Å². The van der Waals surface area contributed by atoms with E-state index in [1.807, 2.05) is 55.8 Å². The highest BCUT2D eigenvalue weighted by Crippen LogP contribution is 2.18. The number of methoxy groups -OCH3 is 1. The largest absolute Gasteiger partial charge is 0.497 e. The van der Waals surface area contributed by atoms with Gasteiger partial charge in [-0.05, 0) is 49.8 Å². The lowest BCUT2D eigenvalue weighted by molar-refractivity contribution is 0.348. The van der Waals surface area contributed by atoms with Gasteiger partial charge in [-0.1, -0.05) is 6.07 Å². The Balaban J connectivity index is 1.65. The van der Waals surface area contributed by atoms with Gasteiger partial charge in [-0.2, -0.15) is 0 Å². The zero-order valence-corrected chi connectivity index (χ0v) is 16.4. The van der Waals surface area contributed by atoms with Crippen LogP contribution in [0.1, 0.15) is 17.9 Å². The number of aryl methyl sites for hydroxylation is 2. The third kappa shape index (κ3) is 5.59. The van der Waals surface area contributed by atoms with Crippen LogP contribution in [0.5, 0.6) is 5.75 Å². The summed E-state index contributed by atoms with van der Waals surface area (Å²) in [5.74, 6) is 2.58. The number of furan rings is 1. The number of hydrogen-bond acceptors (Lipinski definition) is 4. The van der Waals surface area contributed by atoms with Gasteiger partial charge in [0.1, 0.15) is 17.3 Å². The van der Waals surface area contributed by atoms with E-state index in [4.69, 9.17) is 21.4 Å². The molecule has 0 atom stereocenters. The van der Waals surface area contributed by atoms with Crippen LogP contribution < -0.4 is 10.1 Å². The van der Waals surface area contributed by atoms with Gasteiger partial charge in [-0.15, -0.1) is 0 Å². The molecule has 0 bridgehead atoms. The first-order chi connectivity index (χ1) is 13.1. The summed E-state index contributed by atoms with van der Waals surface area (Å²) >= 11 is 5.67. The van der Waals surface area contributed by atoms with E-state index in [1.54, 1.807) is 13.3 Å². The lowest BCUT2D eigenvalue weighted by Gasteiger charge is -2.25. The molecule has 0 aliphatic heterocycles. The van der Waals surface area contributed by atoms with Gasteiger partial charge in [0.2, 0.25) is 0 Å². The number of benzene rings is 1. The van der Waals surface area contributed by atoms with Crippen LogP contribution in [0.15, 0.2) is 59.5 Å². The van der Waals surface area contributed by atoms with Crippen LogP contribution in [0, 0.1) is 6.92 Å². The van der Waals surface area contributed by atoms with Crippen LogP contribution >= 0.6 is 12.2 Å². The molecule has 7 heteroatoms. The molecule has 2 aromatic heterocycles. The maximum atomic E-state index is 5.74. The first-order valence-electron chi connectivity index (χ1n) is 8.85. The van der Waals surface area contributed by atoms with E-state index in [9.17, 15) is 0 Å². The summed E-state index contributed by atoms with van der Waals surface area (Å²) in [6.45, 7) is 4.25. The van der Waals surface area contributed by atoms with Gasteiger partial charge in [-0.3, -0.25) is 0 Å². The molecule has 2 heterocycles. The molecule has 0 saturated heterocycles. The number of rotatable bonds is 8. The number of anilines is 1. The molecule has 27 heavy (non-hydrogen) atoms. The summed E-state index contributed by atoms with van der Waals surface area (Å²) in [6, 6.07) is 11.7. The Hall–Kier alpha value is -2.80. The van der Waals surface area contributed by atoms with Crippen molar-refractivity contribution < 1.29 is 9.15 Å². The highest BCUT2D eigenvalue weighted by Gasteiger charge is 2.13. The monoisotopic (exact) mass is 384 g/mol. The number of ether oxygens (including phenoxy) is 1. The first kappa shape index (κ1) is 19.0. The van der Waals surface area contributed by atoms with Gasteiger partial charge < -0.3 is 23.9 Å². The second-order valence-electron chi connectivity index (χ2n) is 6.25. The van der Waals surface area contributed by atoms with E-state index in [-0.39, 0.29) is 0 Å². The summed E-state index contributed by atoms with van der Waals surface area (Å²) in [6.07, 6.45) is 6.52. The summed E-state index contributed by atoms with van der Waals surface area (Å²) in [5, 5.41) is 3.96. The minimum Gasteiger partial charge on any atom is -0.497 e. The summed E-state index contributed by atoms with van der Waals surface area (Å²) in [4.78, 5) is 6.20. The molecule has 0 radical (unpaired) electrons. The molecular weight excluding hydrogens is 360 g/mol. The zero-order valence-electron chi connectivity index (χ0n) is 15.6. The number of hydrogen-bond donors (Lipinski definition) is 1. The van der Waals surface area contributed by atoms with Crippen LogP contribution in [-0.4, -0.2) is 33.2 Å². The average molecular weight is 385 g/mol. The molecule has 1 N–H and O–H groups in total. The quantitative estimate of drug-likeness (QED) is 0.591. The molecule has 0 unspecified atom stereocenters. The van der Waals surface area contributed by atoms with Crippen molar-refractivity contribution in [2.75, 3.05) is 19.0 Å². The van der Waals surface area contributed by atoms with E-state index in [0.717, 1.165) is 42.5 Å². The lowest BCUT2D eigenvalue weighted by Crippen LogP contribution is -2.35. The molecule has 1 aromatic carbocycles. The predicted molar refractivity (Wildman–Crippen MR) is 110 cm³/mol. The molecule has 6 nitrogen and oxygen atoms in total. The van der Waals surface area contributed by atoms with E-state index < -0.39 is 0 Å². The highest BCUT2D eigenvalue weighted by molar-refractivity contribution is 7.80. The average Bonchev–Trinajstić information content (AvgIpc) is 3.32. The molecule has 0 aliphatic carbocycles. The number of aromatic nitrogens is 2. The number of imidazole rings is 1. The lowest BCUT2D eigenvalue weighted by atomic mass is 10.3. The van der Waals surface area contributed by atoms with Crippen LogP contribution in [0.25, 0.3) is 0 Å². The molecule has 0 amide bonds. The third-order valence-electron chi connectivity index (χ3n) is 4.15. The third-order valence-corrected chi connectivity index (χ3v) is 4.51. The van der Waals surface area contributed by atoms with Gasteiger partial charge in [0.25, 0.3) is 0 Å². The van der Waals surface area contributed by atoms with Gasteiger partial charge in [-0.25, -0.2) is 4.98 Å². The van der Waals surface area contributed by atoms with Gasteiger partial charge in [0.15, 0.2) is 5.11 Å². The predicted octanol–water partition coefficient (Wildman–Crippen LogP) is 4.08. The van der Waals surface area contributed by atoms with Crippen molar-refractivity contribution in [1.82, 2.24) is 14.5 Å². The van der Waals surface area contributed by atoms with Crippen molar-refractivity contribution in [3.05, 3.63) is 66.6 Å². The standard InChI is InChI=1S/C20H24N4O2S/c1-16-7-8-19(26-16)14-24(11-4-10-23-12-9-21-15-23)20(27)22-17-5-3-6-18(13-17)25-2/h3,5-9,12-13,15H,4,10-11,14H2,1-2H3,(H,22,27). The van der Waals surface area contributed by atoms with Crippen LogP contribution in [0.3, 0.4) is 0 Å². The molecule has 3 rings (SSSR count). The minimum atomic E-state index is 0.619. The maximum Gasteiger partial charge on any atom is 0.173 e. The van der Waals surface area contributed by atoms with Gasteiger partial charge in [0.05, 0.1) is 20.0 Å². The van der Waals surface area contributed by atoms with Crippen LogP contribution in [0.4, 0.5) is 5.69 Å². The van der Waals surface area contributed by atoms with Crippen molar-refractivity contribution in [1.29, 1.82) is 0 Å². The minimum absolute atomic E-state index is 0.619. The summed E-state index contributed by atoms with van der Waals surface area (Å²) in [7, 11) is 1.65. The topological polar surface area (TPSA) is 55.5 Å². The van der Waals surface area contributed by atoms with E-state index in [2.05, 4.69) is 19.8 Å². The molecule has 0 aliphatic rings. The van der Waals surface area contributed by atoms with Crippen LogP contribution in [-0.2, 0) is 13.1 Å². The molecular formula is C20H24N4O2S. The van der Waals surface area contributed by atoms with E-state index >= 15 is 0 Å². The Kier molecular flexibility index (Phi) is 6.49. The van der Waals surface area contributed by atoms with Crippen LogP contribution in [0.2, 0.25) is 0 Å². The second-order valence-corrected chi connectivity index (χ2v) is 6.64. The molecule has 0 fully saturated rings. The van der Waals surface area contributed by atoms with E-state index in [0.29, 0.717) is 11.7 Å². The van der Waals surface area contributed by atoms with Crippen molar-refractivity contribution in [3.8, 4) is 5.75 Å². The normalized spacial score (nSPS) is 10.6. The van der Waals surface area contributed by atoms with E-state index in [1.165, 1.54) is 0 Å². The Morgan fingerprint density at radius 2 is 2.22 bits per heavy atom. The Labute approximate surface area is 164 Å². The molecule has 0 spiro atoms. The fraction of sp³-hybridized carbons (Fsp3) is 0.300. The van der Waals surface area contributed by atoms with Crippen molar-refractivity contribution in [3.63, 3.8) is 0 Å². The Bertz CT molecular complexity index is 861. The zero-order chi connectivity index (χ0) is 19.1. The smallest absolute Gasteiger partial charge is 0.173 e. The SMILES string of the molecule is COc1cccc(NC(=S)N(CCCn2ccnc2)Cc2ccc(C)o2)c1. The Morgan fingerprint density at radius 1 is 1.33 bits per heavy atom. The maximum absolute atomic E-state index is 5.74. The molecule has 0 saturated carbocycles. The fourth-order valence-electron chi connectivity index (χ4n) is 2.78. The summed E-state index contributed by atoms with van der Waals surface area (Å²) in [5.41, 5.74) is 0.898. The number of thiocarbonyl (C=S) groups is 1. The van der Waals surface area contributed by atoms with Gasteiger partial charge in [0, 0.05) is 37.2 Å². The summed E-state index contributed by atoms with van der Waals surface area (Å²) < 4.78 is 13.1. The Morgan fingerprint density at radius 3 is 2.93 bits per heavy atom. The molecule has 142 valence electrons. The van der Waals surface area contributed by atoms with Crippen molar-refractivity contribution >= 4 is 23.0 Å². The van der Waals surface area contributed by atoms with Crippen molar-refractivity contribution in [2.45, 2.75) is 26.4 Å².